The average Bonchev–Trinajstić information content (AvgIpc) is 3.06. The number of aromatic nitrogens is 1. The number of aliphatic hydroxyl groups is 1. The van der Waals surface area contributed by atoms with Crippen molar-refractivity contribution in [1.82, 2.24) is 9.88 Å². The number of phenolic OH excluding ortho intramolecular Hbond substituents is 1. The van der Waals surface area contributed by atoms with Gasteiger partial charge in [-0.2, -0.15) is 0 Å². The van der Waals surface area contributed by atoms with Gasteiger partial charge in [0.15, 0.2) is 0 Å². The van der Waals surface area contributed by atoms with E-state index in [1.807, 2.05) is 35.2 Å². The lowest BCUT2D eigenvalue weighted by Gasteiger charge is -2.27. The first-order chi connectivity index (χ1) is 11.1. The molecule has 0 bridgehead atoms. The summed E-state index contributed by atoms with van der Waals surface area (Å²) in [4.78, 5) is 8.19. The number of nitrogens with zero attached hydrogens (tertiary/aromatic N) is 3. The van der Waals surface area contributed by atoms with Gasteiger partial charge >= 0.3 is 0 Å². The van der Waals surface area contributed by atoms with Crippen molar-refractivity contribution in [2.24, 2.45) is 0 Å². The fourth-order valence-electron chi connectivity index (χ4n) is 2.59. The third-order valence-corrected chi connectivity index (χ3v) is 3.98. The van der Waals surface area contributed by atoms with Crippen LogP contribution in [0.25, 0.3) is 0 Å². The molecule has 0 aliphatic carbocycles. The van der Waals surface area contributed by atoms with Gasteiger partial charge in [0, 0.05) is 24.2 Å². The Bertz CT molecular complexity index is 736. The Balaban J connectivity index is 1.77. The van der Waals surface area contributed by atoms with Gasteiger partial charge in [-0.15, -0.1) is 0 Å². The second kappa shape index (κ2) is 6.26. The van der Waals surface area contributed by atoms with Gasteiger partial charge in [0.1, 0.15) is 17.4 Å². The molecule has 1 aromatic heterocycles. The van der Waals surface area contributed by atoms with Gasteiger partial charge in [0.25, 0.3) is 0 Å². The number of aromatic hydroxyl groups is 1. The third-order valence-electron chi connectivity index (χ3n) is 3.98. The summed E-state index contributed by atoms with van der Waals surface area (Å²) in [7, 11) is 0. The van der Waals surface area contributed by atoms with Gasteiger partial charge in [0.05, 0.1) is 19.3 Å². The lowest BCUT2D eigenvalue weighted by molar-refractivity contribution is 0.281. The van der Waals surface area contributed by atoms with E-state index in [2.05, 4.69) is 4.98 Å². The first-order valence-electron chi connectivity index (χ1n) is 7.33. The van der Waals surface area contributed by atoms with Crippen molar-refractivity contribution in [3.05, 3.63) is 65.9 Å². The Morgan fingerprint density at radius 1 is 1.26 bits per heavy atom. The van der Waals surface area contributed by atoms with E-state index in [0.717, 1.165) is 11.4 Å². The maximum atomic E-state index is 13.4. The van der Waals surface area contributed by atoms with Crippen LogP contribution in [0.15, 0.2) is 48.9 Å². The van der Waals surface area contributed by atoms with Crippen LogP contribution in [0.5, 0.6) is 5.75 Å². The normalized spacial score (nSPS) is 15.3. The standard InChI is InChI=1S/C17H18FN3O2/c1-12(15-9-14(18)2-3-16(15)23)20-6-7-21(11-20)17-8-13(10-22)4-5-19-17/h2-9,12,22-23H,10-11H2,1H3. The van der Waals surface area contributed by atoms with E-state index in [0.29, 0.717) is 12.2 Å². The summed E-state index contributed by atoms with van der Waals surface area (Å²) < 4.78 is 13.4. The molecule has 2 N–H and O–H groups in total. The molecule has 6 heteroatoms. The number of phenols is 1. The molecular formula is C17H18FN3O2. The van der Waals surface area contributed by atoms with E-state index in [9.17, 15) is 14.6 Å². The minimum Gasteiger partial charge on any atom is -0.508 e. The van der Waals surface area contributed by atoms with Crippen LogP contribution >= 0.6 is 0 Å². The maximum Gasteiger partial charge on any atom is 0.134 e. The summed E-state index contributed by atoms with van der Waals surface area (Å²) in [6.45, 7) is 2.39. The summed E-state index contributed by atoms with van der Waals surface area (Å²) in [5.41, 5.74) is 1.33. The first kappa shape index (κ1) is 15.3. The largest absolute Gasteiger partial charge is 0.508 e. The minimum atomic E-state index is -0.373. The molecule has 1 atom stereocenters. The fraction of sp³-hybridized carbons (Fsp3) is 0.235. The molecule has 0 amide bonds. The summed E-state index contributed by atoms with van der Waals surface area (Å²) >= 11 is 0. The third kappa shape index (κ3) is 3.12. The Morgan fingerprint density at radius 3 is 2.87 bits per heavy atom. The number of hydrogen-bond acceptors (Lipinski definition) is 5. The van der Waals surface area contributed by atoms with E-state index in [1.165, 1.54) is 18.2 Å². The van der Waals surface area contributed by atoms with E-state index in [-0.39, 0.29) is 24.2 Å². The van der Waals surface area contributed by atoms with Gasteiger partial charge in [-0.3, -0.25) is 0 Å². The van der Waals surface area contributed by atoms with Crippen LogP contribution in [-0.4, -0.2) is 26.8 Å². The van der Waals surface area contributed by atoms with E-state index < -0.39 is 0 Å². The molecule has 1 aromatic carbocycles. The molecule has 0 spiro atoms. The van der Waals surface area contributed by atoms with Gasteiger partial charge in [-0.25, -0.2) is 9.37 Å². The molecule has 0 saturated carbocycles. The summed E-state index contributed by atoms with van der Waals surface area (Å²) in [6, 6.07) is 7.34. The summed E-state index contributed by atoms with van der Waals surface area (Å²) in [5, 5.41) is 19.2. The molecule has 3 rings (SSSR count). The van der Waals surface area contributed by atoms with Crippen molar-refractivity contribution in [3.8, 4) is 5.75 Å². The first-order valence-corrected chi connectivity index (χ1v) is 7.33. The number of halogens is 1. The molecule has 0 fully saturated rings. The van der Waals surface area contributed by atoms with Crippen LogP contribution in [0.4, 0.5) is 10.2 Å². The zero-order valence-corrected chi connectivity index (χ0v) is 12.7. The number of anilines is 1. The second-order valence-corrected chi connectivity index (χ2v) is 5.48. The van der Waals surface area contributed by atoms with Crippen molar-refractivity contribution in [2.45, 2.75) is 19.6 Å². The number of aliphatic hydroxyl groups excluding tert-OH is 1. The topological polar surface area (TPSA) is 59.8 Å². The van der Waals surface area contributed by atoms with Crippen molar-refractivity contribution in [1.29, 1.82) is 0 Å². The molecule has 120 valence electrons. The van der Waals surface area contributed by atoms with Gasteiger partial charge in [-0.1, -0.05) is 0 Å². The van der Waals surface area contributed by atoms with Crippen LogP contribution in [0, 0.1) is 5.82 Å². The number of benzene rings is 1. The quantitative estimate of drug-likeness (QED) is 0.908. The van der Waals surface area contributed by atoms with E-state index in [1.54, 1.807) is 12.3 Å². The van der Waals surface area contributed by atoms with Gasteiger partial charge < -0.3 is 20.0 Å². The van der Waals surface area contributed by atoms with Crippen LogP contribution in [0.3, 0.4) is 0 Å². The molecule has 1 aliphatic heterocycles. The summed E-state index contributed by atoms with van der Waals surface area (Å²) in [6.07, 6.45) is 5.40. The average molecular weight is 315 g/mol. The van der Waals surface area contributed by atoms with Crippen LogP contribution in [-0.2, 0) is 6.61 Å². The number of hydrogen-bond donors (Lipinski definition) is 2. The highest BCUT2D eigenvalue weighted by atomic mass is 19.1. The Hall–Kier alpha value is -2.60. The second-order valence-electron chi connectivity index (χ2n) is 5.48. The van der Waals surface area contributed by atoms with Crippen molar-refractivity contribution < 1.29 is 14.6 Å². The smallest absolute Gasteiger partial charge is 0.134 e. The van der Waals surface area contributed by atoms with Crippen molar-refractivity contribution in [3.63, 3.8) is 0 Å². The number of pyridine rings is 1. The van der Waals surface area contributed by atoms with Gasteiger partial charge in [-0.05, 0) is 42.8 Å². The van der Waals surface area contributed by atoms with Crippen molar-refractivity contribution in [2.75, 3.05) is 11.6 Å². The van der Waals surface area contributed by atoms with Gasteiger partial charge in [0.2, 0.25) is 0 Å². The fourth-order valence-corrected chi connectivity index (χ4v) is 2.59. The molecule has 23 heavy (non-hydrogen) atoms. The molecule has 2 heterocycles. The van der Waals surface area contributed by atoms with Crippen LogP contribution in [0.1, 0.15) is 24.1 Å². The molecule has 2 aromatic rings. The predicted octanol–water partition coefficient (Wildman–Crippen LogP) is 2.73. The molecule has 1 aliphatic rings. The van der Waals surface area contributed by atoms with Crippen LogP contribution in [0.2, 0.25) is 0 Å². The monoisotopic (exact) mass is 315 g/mol. The van der Waals surface area contributed by atoms with Crippen LogP contribution < -0.4 is 4.90 Å². The Morgan fingerprint density at radius 2 is 2.09 bits per heavy atom. The van der Waals surface area contributed by atoms with E-state index in [4.69, 9.17) is 0 Å². The highest BCUT2D eigenvalue weighted by Crippen LogP contribution is 2.31. The highest BCUT2D eigenvalue weighted by Gasteiger charge is 2.23. The Kier molecular flexibility index (Phi) is 4.16. The molecule has 0 radical (unpaired) electrons. The molecule has 5 nitrogen and oxygen atoms in total. The predicted molar refractivity (Wildman–Crippen MR) is 85.0 cm³/mol. The minimum absolute atomic E-state index is 0.0373. The zero-order chi connectivity index (χ0) is 16.4. The molecular weight excluding hydrogens is 297 g/mol. The van der Waals surface area contributed by atoms with Crippen molar-refractivity contribution >= 4 is 5.82 Å². The SMILES string of the molecule is CC(c1cc(F)ccc1O)N1C=CN(c2cc(CO)ccn2)C1. The molecule has 1 unspecified atom stereocenters. The number of rotatable bonds is 4. The highest BCUT2D eigenvalue weighted by molar-refractivity contribution is 5.46. The molecule has 0 saturated heterocycles. The lowest BCUT2D eigenvalue weighted by atomic mass is 10.1. The summed E-state index contributed by atoms with van der Waals surface area (Å²) in [5.74, 6) is 0.430. The van der Waals surface area contributed by atoms with E-state index >= 15 is 0 Å². The zero-order valence-electron chi connectivity index (χ0n) is 12.7. The lowest BCUT2D eigenvalue weighted by Crippen LogP contribution is -2.28. The Labute approximate surface area is 133 Å². The maximum absolute atomic E-state index is 13.4.